The molecule has 1 fully saturated rings. The Morgan fingerprint density at radius 3 is 2.86 bits per heavy atom. The first kappa shape index (κ1) is 23.2. The summed E-state index contributed by atoms with van der Waals surface area (Å²) in [4.78, 5) is 6.48. The monoisotopic (exact) mass is 499 g/mol. The fourth-order valence-corrected chi connectivity index (χ4v) is 4.64. The van der Waals surface area contributed by atoms with Crippen molar-refractivity contribution in [1.82, 2.24) is 30.3 Å². The van der Waals surface area contributed by atoms with Gasteiger partial charge in [-0.2, -0.15) is 5.10 Å². The summed E-state index contributed by atoms with van der Waals surface area (Å²) in [6, 6.07) is 5.44. The van der Waals surface area contributed by atoms with Crippen molar-refractivity contribution in [3.05, 3.63) is 36.5 Å². The van der Waals surface area contributed by atoms with Crippen molar-refractivity contribution >= 4 is 26.6 Å². The molecule has 35 heavy (non-hydrogen) atoms. The summed E-state index contributed by atoms with van der Waals surface area (Å²) < 4.78 is 42.9. The third-order valence-corrected chi connectivity index (χ3v) is 6.20. The molecule has 1 aliphatic heterocycles. The van der Waals surface area contributed by atoms with Gasteiger partial charge in [0.15, 0.2) is 0 Å². The maximum atomic E-state index is 11.8. The number of pyridine rings is 1. The van der Waals surface area contributed by atoms with E-state index in [-0.39, 0.29) is 17.7 Å². The van der Waals surface area contributed by atoms with Crippen LogP contribution in [0.4, 0.5) is 5.69 Å². The molecule has 1 unspecified atom stereocenters. The van der Waals surface area contributed by atoms with Crippen LogP contribution in [-0.2, 0) is 21.3 Å². The topological polar surface area (TPSA) is 148 Å². The summed E-state index contributed by atoms with van der Waals surface area (Å²) in [7, 11) is -2.10. The zero-order chi connectivity index (χ0) is 24.6. The van der Waals surface area contributed by atoms with Crippen LogP contribution in [0.25, 0.3) is 33.5 Å². The molecule has 4 heterocycles. The number of nitrogens with zero attached hydrogens (tertiary/aromatic N) is 5. The van der Waals surface area contributed by atoms with Gasteiger partial charge in [-0.05, 0) is 30.7 Å². The van der Waals surface area contributed by atoms with Crippen molar-refractivity contribution in [3.8, 4) is 28.5 Å². The van der Waals surface area contributed by atoms with E-state index in [1.54, 1.807) is 18.5 Å². The number of methoxy groups -OCH3 is 1. The largest absolute Gasteiger partial charge is 0.480 e. The molecule has 12 nitrogen and oxygen atoms in total. The quantitative estimate of drug-likeness (QED) is 0.388. The number of nitrogens with one attached hydrogen (secondary N) is 2. The number of hydrogen-bond acceptors (Lipinski definition) is 10. The van der Waals surface area contributed by atoms with Gasteiger partial charge in [0.25, 0.3) is 0 Å². The Labute approximate surface area is 201 Å². The van der Waals surface area contributed by atoms with Crippen LogP contribution >= 0.6 is 0 Å². The molecular formula is C22H25N7O5S. The van der Waals surface area contributed by atoms with Crippen LogP contribution in [0.5, 0.6) is 5.88 Å². The summed E-state index contributed by atoms with van der Waals surface area (Å²) in [5, 5.41) is 16.5. The maximum absolute atomic E-state index is 11.8. The number of aromatic amines is 1. The van der Waals surface area contributed by atoms with Gasteiger partial charge in [0, 0.05) is 30.2 Å². The molecule has 0 amide bonds. The Bertz CT molecular complexity index is 1470. The maximum Gasteiger partial charge on any atom is 0.248 e. The lowest BCUT2D eigenvalue weighted by atomic mass is 10.0. The van der Waals surface area contributed by atoms with E-state index in [1.165, 1.54) is 7.11 Å². The number of H-pyrrole nitrogens is 1. The van der Waals surface area contributed by atoms with E-state index in [1.807, 2.05) is 19.1 Å². The van der Waals surface area contributed by atoms with Gasteiger partial charge in [-0.1, -0.05) is 0 Å². The van der Waals surface area contributed by atoms with Crippen molar-refractivity contribution in [2.24, 2.45) is 0 Å². The Hall–Kier alpha value is -3.55. The van der Waals surface area contributed by atoms with Gasteiger partial charge < -0.3 is 13.9 Å². The van der Waals surface area contributed by atoms with Gasteiger partial charge >= 0.3 is 0 Å². The van der Waals surface area contributed by atoms with Crippen LogP contribution < -0.4 is 9.46 Å². The number of morpholine rings is 1. The zero-order valence-electron chi connectivity index (χ0n) is 19.5. The van der Waals surface area contributed by atoms with Crippen LogP contribution in [-0.4, -0.2) is 77.9 Å². The predicted molar refractivity (Wildman–Crippen MR) is 128 cm³/mol. The lowest BCUT2D eigenvalue weighted by Gasteiger charge is -2.29. The number of anilines is 1. The first-order chi connectivity index (χ1) is 16.8. The molecule has 0 aliphatic carbocycles. The Balaban J connectivity index is 1.51. The molecule has 0 bridgehead atoms. The van der Waals surface area contributed by atoms with Crippen LogP contribution in [0.3, 0.4) is 0 Å². The normalized spacial score (nSPS) is 17.1. The standard InChI is InChI=1S/C22H25N7O5S/c1-13-11-29(4-5-33-13)12-20-26-27-21(34-20)16-6-14(7-18-17(16)10-24-25-18)15-8-19(28-35(3,30)31)22(32-2)23-9-15/h6-10,13,28H,4-5,11-12H2,1-3H3,(H,24,25). The zero-order valence-corrected chi connectivity index (χ0v) is 20.3. The molecule has 184 valence electrons. The molecule has 2 N–H and O–H groups in total. The molecule has 0 radical (unpaired) electrons. The SMILES string of the molecule is COc1ncc(-c2cc(-c3nnc(CN4CCOC(C)C4)o3)c3cn[nH]c3c2)cc1NS(C)(=O)=O. The second kappa shape index (κ2) is 9.24. The van der Waals surface area contributed by atoms with E-state index in [9.17, 15) is 8.42 Å². The summed E-state index contributed by atoms with van der Waals surface area (Å²) in [6.07, 6.45) is 4.53. The molecule has 3 aromatic heterocycles. The summed E-state index contributed by atoms with van der Waals surface area (Å²) in [5.74, 6) is 1.05. The second-order valence-electron chi connectivity index (χ2n) is 8.43. The molecule has 0 spiro atoms. The van der Waals surface area contributed by atoms with Crippen molar-refractivity contribution in [1.29, 1.82) is 0 Å². The van der Waals surface area contributed by atoms with E-state index >= 15 is 0 Å². The van der Waals surface area contributed by atoms with Crippen LogP contribution in [0.1, 0.15) is 12.8 Å². The lowest BCUT2D eigenvalue weighted by Crippen LogP contribution is -2.40. The van der Waals surface area contributed by atoms with E-state index in [0.29, 0.717) is 36.1 Å². The number of fused-ring (bicyclic) bond motifs is 1. The van der Waals surface area contributed by atoms with Gasteiger partial charge in [-0.3, -0.25) is 14.7 Å². The molecule has 0 saturated carbocycles. The van der Waals surface area contributed by atoms with Gasteiger partial charge in [-0.15, -0.1) is 10.2 Å². The third kappa shape index (κ3) is 5.11. The smallest absolute Gasteiger partial charge is 0.248 e. The number of hydrogen-bond donors (Lipinski definition) is 2. The highest BCUT2D eigenvalue weighted by Crippen LogP contribution is 2.35. The third-order valence-electron chi connectivity index (χ3n) is 5.61. The summed E-state index contributed by atoms with van der Waals surface area (Å²) in [6.45, 7) is 4.85. The minimum absolute atomic E-state index is 0.161. The molecule has 4 aromatic rings. The molecule has 1 aromatic carbocycles. The highest BCUT2D eigenvalue weighted by Gasteiger charge is 2.21. The lowest BCUT2D eigenvalue weighted by molar-refractivity contribution is -0.0235. The molecule has 1 aliphatic rings. The number of sulfonamides is 1. The predicted octanol–water partition coefficient (Wildman–Crippen LogP) is 2.28. The van der Waals surface area contributed by atoms with Gasteiger partial charge in [0.05, 0.1) is 49.9 Å². The molecule has 1 atom stereocenters. The van der Waals surface area contributed by atoms with Crippen molar-refractivity contribution in [2.45, 2.75) is 19.6 Å². The Kier molecular flexibility index (Phi) is 6.13. The number of ether oxygens (including phenoxy) is 2. The molecule has 1 saturated heterocycles. The summed E-state index contributed by atoms with van der Waals surface area (Å²) in [5.41, 5.74) is 3.11. The molecule has 13 heteroatoms. The number of rotatable bonds is 7. The van der Waals surface area contributed by atoms with Crippen molar-refractivity contribution < 1.29 is 22.3 Å². The minimum atomic E-state index is -3.53. The van der Waals surface area contributed by atoms with Crippen molar-refractivity contribution in [2.75, 3.05) is 37.8 Å². The van der Waals surface area contributed by atoms with Gasteiger partial charge in [-0.25, -0.2) is 13.4 Å². The highest BCUT2D eigenvalue weighted by molar-refractivity contribution is 7.92. The first-order valence-corrected chi connectivity index (χ1v) is 12.8. The van der Waals surface area contributed by atoms with Crippen LogP contribution in [0, 0.1) is 0 Å². The molecule has 5 rings (SSSR count). The van der Waals surface area contributed by atoms with E-state index in [0.717, 1.165) is 35.8 Å². The average molecular weight is 500 g/mol. The number of benzene rings is 1. The van der Waals surface area contributed by atoms with Gasteiger partial charge in [0.2, 0.25) is 27.7 Å². The van der Waals surface area contributed by atoms with E-state index < -0.39 is 10.0 Å². The highest BCUT2D eigenvalue weighted by atomic mass is 32.2. The summed E-state index contributed by atoms with van der Waals surface area (Å²) >= 11 is 0. The Morgan fingerprint density at radius 1 is 1.23 bits per heavy atom. The van der Waals surface area contributed by atoms with E-state index in [4.69, 9.17) is 13.9 Å². The van der Waals surface area contributed by atoms with Crippen molar-refractivity contribution in [3.63, 3.8) is 0 Å². The van der Waals surface area contributed by atoms with E-state index in [2.05, 4.69) is 35.0 Å². The van der Waals surface area contributed by atoms with Crippen LogP contribution in [0.15, 0.2) is 35.0 Å². The van der Waals surface area contributed by atoms with Crippen LogP contribution in [0.2, 0.25) is 0 Å². The first-order valence-electron chi connectivity index (χ1n) is 10.9. The average Bonchev–Trinajstić information content (AvgIpc) is 3.47. The minimum Gasteiger partial charge on any atom is -0.480 e. The van der Waals surface area contributed by atoms with Gasteiger partial charge in [0.1, 0.15) is 5.69 Å². The number of aromatic nitrogens is 5. The fraction of sp³-hybridized carbons (Fsp3) is 0.364. The molecular weight excluding hydrogens is 474 g/mol. The second-order valence-corrected chi connectivity index (χ2v) is 10.2. The fourth-order valence-electron chi connectivity index (χ4n) is 4.09. The Morgan fingerprint density at radius 2 is 2.09 bits per heavy atom.